The number of aromatic nitrogens is 2. The highest BCUT2D eigenvalue weighted by molar-refractivity contribution is 8.15. The number of hydrogen-bond donors (Lipinski definition) is 2. The molecular weight excluding hydrogens is 445 g/mol. The number of terminal acetylenes is 1. The van der Waals surface area contributed by atoms with Crippen molar-refractivity contribution in [2.75, 3.05) is 25.6 Å². The van der Waals surface area contributed by atoms with Crippen molar-refractivity contribution in [2.45, 2.75) is 30.1 Å². The molecule has 2 aliphatic rings. The van der Waals surface area contributed by atoms with Gasteiger partial charge in [0.25, 0.3) is 5.91 Å². The first-order chi connectivity index (χ1) is 15.8. The van der Waals surface area contributed by atoms with E-state index < -0.39 is 17.3 Å². The molecule has 1 amide bonds. The van der Waals surface area contributed by atoms with Gasteiger partial charge in [0.15, 0.2) is 5.17 Å². The SMILES string of the molecule is C#CCCOc1cnc(C(=O)Nc2ccc(F)c([C@@]3(C)N=C(N)S[C@@]4(COC)CC43)c2)cn1. The zero-order chi connectivity index (χ0) is 23.6. The molecule has 4 rings (SSSR count). The number of carbonyl (C=O) groups excluding carboxylic acids is 1. The third kappa shape index (κ3) is 4.51. The van der Waals surface area contributed by atoms with Crippen molar-refractivity contribution in [3.63, 3.8) is 0 Å². The smallest absolute Gasteiger partial charge is 0.275 e. The maximum Gasteiger partial charge on any atom is 0.275 e. The van der Waals surface area contributed by atoms with Gasteiger partial charge in [0, 0.05) is 30.7 Å². The molecule has 1 aliphatic carbocycles. The number of fused-ring (bicyclic) bond motifs is 1. The summed E-state index contributed by atoms with van der Waals surface area (Å²) in [6.07, 6.45) is 9.09. The average molecular weight is 470 g/mol. The van der Waals surface area contributed by atoms with Gasteiger partial charge in [-0.3, -0.25) is 9.79 Å². The fourth-order valence-corrected chi connectivity index (χ4v) is 5.69. The van der Waals surface area contributed by atoms with E-state index in [0.717, 1.165) is 6.42 Å². The number of methoxy groups -OCH3 is 1. The van der Waals surface area contributed by atoms with Crippen LogP contribution in [0, 0.1) is 24.1 Å². The van der Waals surface area contributed by atoms with Crippen molar-refractivity contribution in [2.24, 2.45) is 16.6 Å². The van der Waals surface area contributed by atoms with Gasteiger partial charge in [0.1, 0.15) is 18.1 Å². The first-order valence-corrected chi connectivity index (χ1v) is 11.2. The van der Waals surface area contributed by atoms with Gasteiger partial charge in [-0.2, -0.15) is 0 Å². The first-order valence-electron chi connectivity index (χ1n) is 10.3. The maximum absolute atomic E-state index is 15.0. The summed E-state index contributed by atoms with van der Waals surface area (Å²) in [5.41, 5.74) is 6.12. The van der Waals surface area contributed by atoms with Gasteiger partial charge >= 0.3 is 0 Å². The normalized spacial score (nSPS) is 25.4. The van der Waals surface area contributed by atoms with Gasteiger partial charge in [0.05, 0.1) is 29.3 Å². The molecule has 1 saturated carbocycles. The van der Waals surface area contributed by atoms with Gasteiger partial charge in [-0.25, -0.2) is 14.4 Å². The number of halogens is 1. The molecule has 3 N–H and O–H groups in total. The lowest BCUT2D eigenvalue weighted by molar-refractivity contribution is 0.102. The van der Waals surface area contributed by atoms with Crippen LogP contribution in [-0.4, -0.2) is 46.1 Å². The first kappa shape index (κ1) is 23.0. The summed E-state index contributed by atoms with van der Waals surface area (Å²) in [5.74, 6) is 1.90. The van der Waals surface area contributed by atoms with Crippen LogP contribution in [0.1, 0.15) is 35.8 Å². The second-order valence-electron chi connectivity index (χ2n) is 8.15. The minimum Gasteiger partial charge on any atom is -0.476 e. The van der Waals surface area contributed by atoms with Gasteiger partial charge in [0.2, 0.25) is 5.88 Å². The topological polar surface area (TPSA) is 112 Å². The summed E-state index contributed by atoms with van der Waals surface area (Å²) < 4.78 is 25.5. The fraction of sp³-hybridized carbons (Fsp3) is 0.391. The van der Waals surface area contributed by atoms with E-state index in [-0.39, 0.29) is 22.2 Å². The van der Waals surface area contributed by atoms with Gasteiger partial charge < -0.3 is 20.5 Å². The predicted molar refractivity (Wildman–Crippen MR) is 125 cm³/mol. The van der Waals surface area contributed by atoms with Gasteiger partial charge in [-0.1, -0.05) is 11.8 Å². The van der Waals surface area contributed by atoms with Gasteiger partial charge in [-0.15, -0.1) is 12.3 Å². The summed E-state index contributed by atoms with van der Waals surface area (Å²) in [6, 6.07) is 4.41. The average Bonchev–Trinajstić information content (AvgIpc) is 3.50. The Morgan fingerprint density at radius 2 is 2.24 bits per heavy atom. The zero-order valence-electron chi connectivity index (χ0n) is 18.3. The molecule has 1 unspecified atom stereocenters. The maximum atomic E-state index is 15.0. The number of carbonyl (C=O) groups is 1. The van der Waals surface area contributed by atoms with Crippen molar-refractivity contribution in [3.8, 4) is 18.2 Å². The highest BCUT2D eigenvalue weighted by Gasteiger charge is 2.66. The van der Waals surface area contributed by atoms with E-state index in [1.54, 1.807) is 13.2 Å². The third-order valence-corrected chi connectivity index (χ3v) is 7.14. The number of amidine groups is 1. The molecular formula is C23H24FN5O3S. The lowest BCUT2D eigenvalue weighted by Crippen LogP contribution is -2.37. The number of ether oxygens (including phenoxy) is 2. The lowest BCUT2D eigenvalue weighted by Gasteiger charge is -2.34. The molecule has 2 aromatic rings. The Labute approximate surface area is 195 Å². The van der Waals surface area contributed by atoms with E-state index in [4.69, 9.17) is 21.6 Å². The Morgan fingerprint density at radius 3 is 2.94 bits per heavy atom. The highest BCUT2D eigenvalue weighted by atomic mass is 32.2. The Balaban J connectivity index is 1.53. The zero-order valence-corrected chi connectivity index (χ0v) is 19.1. The second-order valence-corrected chi connectivity index (χ2v) is 9.58. The van der Waals surface area contributed by atoms with Crippen molar-refractivity contribution >= 4 is 28.5 Å². The molecule has 172 valence electrons. The Morgan fingerprint density at radius 1 is 1.42 bits per heavy atom. The number of nitrogens with zero attached hydrogens (tertiary/aromatic N) is 3. The van der Waals surface area contributed by atoms with Crippen LogP contribution in [0.5, 0.6) is 5.88 Å². The Hall–Kier alpha value is -3.16. The quantitative estimate of drug-likeness (QED) is 0.452. The fourth-order valence-electron chi connectivity index (χ4n) is 4.24. The number of nitrogens with one attached hydrogen (secondary N) is 1. The number of benzene rings is 1. The number of amides is 1. The highest BCUT2D eigenvalue weighted by Crippen LogP contribution is 2.66. The van der Waals surface area contributed by atoms with Crippen LogP contribution in [0.15, 0.2) is 35.6 Å². The summed E-state index contributed by atoms with van der Waals surface area (Å²) >= 11 is 1.48. The number of nitrogens with two attached hydrogens (primary N) is 1. The van der Waals surface area contributed by atoms with Crippen molar-refractivity contribution in [3.05, 3.63) is 47.7 Å². The van der Waals surface area contributed by atoms with Crippen LogP contribution in [0.25, 0.3) is 0 Å². The molecule has 0 radical (unpaired) electrons. The molecule has 0 saturated heterocycles. The molecule has 1 aliphatic heterocycles. The molecule has 10 heteroatoms. The minimum atomic E-state index is -0.865. The summed E-state index contributed by atoms with van der Waals surface area (Å²) in [4.78, 5) is 25.4. The van der Waals surface area contributed by atoms with Crippen LogP contribution < -0.4 is 15.8 Å². The van der Waals surface area contributed by atoms with E-state index in [1.165, 1.54) is 36.3 Å². The number of anilines is 1. The van der Waals surface area contributed by atoms with Crippen molar-refractivity contribution < 1.29 is 18.7 Å². The monoisotopic (exact) mass is 469 g/mol. The molecule has 3 atom stereocenters. The number of thioether (sulfide) groups is 1. The number of hydrogen-bond acceptors (Lipinski definition) is 8. The van der Waals surface area contributed by atoms with Crippen molar-refractivity contribution in [1.29, 1.82) is 0 Å². The molecule has 0 spiro atoms. The van der Waals surface area contributed by atoms with Crippen molar-refractivity contribution in [1.82, 2.24) is 9.97 Å². The van der Waals surface area contributed by atoms with Crippen LogP contribution in [0.4, 0.5) is 10.1 Å². The van der Waals surface area contributed by atoms with E-state index >= 15 is 0 Å². The lowest BCUT2D eigenvalue weighted by atomic mass is 9.85. The summed E-state index contributed by atoms with van der Waals surface area (Å²) in [5, 5.41) is 3.14. The van der Waals surface area contributed by atoms with Gasteiger partial charge in [-0.05, 0) is 31.5 Å². The Kier molecular flexibility index (Phi) is 6.28. The van der Waals surface area contributed by atoms with Crippen LogP contribution >= 0.6 is 11.8 Å². The van der Waals surface area contributed by atoms with E-state index in [2.05, 4.69) is 26.2 Å². The molecule has 8 nitrogen and oxygen atoms in total. The van der Waals surface area contributed by atoms with E-state index in [1.807, 2.05) is 6.92 Å². The third-order valence-electron chi connectivity index (χ3n) is 5.87. The standard InChI is InChI=1S/C23H24FN5O3S/c1-4-5-8-32-19-12-26-17(11-27-19)20(30)28-14-6-7-16(24)15(9-14)22(2)18-10-23(18,13-31-3)33-21(25)29-22/h1,6-7,9,11-12,18H,5,8,10,13H2,2-3H3,(H2,25,29)(H,28,30)/t18?,22-,23-/m1/s1. The van der Waals surface area contributed by atoms with E-state index in [9.17, 15) is 9.18 Å². The molecule has 0 bridgehead atoms. The second kappa shape index (κ2) is 9.00. The summed E-state index contributed by atoms with van der Waals surface area (Å²) in [7, 11) is 1.64. The molecule has 1 fully saturated rings. The van der Waals surface area contributed by atoms with E-state index in [0.29, 0.717) is 36.1 Å². The number of rotatable bonds is 8. The number of aliphatic imine (C=N–C) groups is 1. The molecule has 33 heavy (non-hydrogen) atoms. The Bertz CT molecular complexity index is 1140. The van der Waals surface area contributed by atoms with Crippen LogP contribution in [0.2, 0.25) is 0 Å². The van der Waals surface area contributed by atoms with Crippen LogP contribution in [0.3, 0.4) is 0 Å². The molecule has 2 heterocycles. The largest absolute Gasteiger partial charge is 0.476 e. The minimum absolute atomic E-state index is 0.0654. The summed E-state index contributed by atoms with van der Waals surface area (Å²) in [6.45, 7) is 2.69. The predicted octanol–water partition coefficient (Wildman–Crippen LogP) is 2.95. The molecule has 1 aromatic carbocycles. The molecule has 1 aromatic heterocycles. The van der Waals surface area contributed by atoms with Crippen LogP contribution in [-0.2, 0) is 10.3 Å².